The molecule has 5 heteroatoms. The molecule has 82 valence electrons. The van der Waals surface area contributed by atoms with E-state index >= 15 is 0 Å². The average molecular weight is 215 g/mol. The van der Waals surface area contributed by atoms with Crippen LogP contribution in [-0.2, 0) is 9.53 Å². The maximum atomic E-state index is 11.6. The molecule has 0 saturated heterocycles. The van der Waals surface area contributed by atoms with Gasteiger partial charge in [0.25, 0.3) is 5.91 Å². The first-order valence-corrected chi connectivity index (χ1v) is 4.34. The van der Waals surface area contributed by atoms with Crippen LogP contribution in [0.5, 0.6) is 0 Å². The van der Waals surface area contributed by atoms with E-state index in [0.717, 1.165) is 5.56 Å². The molecule has 0 aliphatic carbocycles. The third-order valence-electron chi connectivity index (χ3n) is 1.64. The van der Waals surface area contributed by atoms with E-state index in [9.17, 15) is 13.6 Å². The first kappa shape index (κ1) is 11.6. The van der Waals surface area contributed by atoms with Crippen molar-refractivity contribution in [3.8, 4) is 0 Å². The van der Waals surface area contributed by atoms with Gasteiger partial charge in [0.1, 0.15) is 6.61 Å². The average Bonchev–Trinajstić information content (AvgIpc) is 2.15. The van der Waals surface area contributed by atoms with Crippen molar-refractivity contribution in [2.45, 2.75) is 13.5 Å². The number of ether oxygens (including phenoxy) is 1. The molecule has 1 aromatic carbocycles. The maximum Gasteiger partial charge on any atom is 0.345 e. The Morgan fingerprint density at radius 3 is 2.87 bits per heavy atom. The number of nitrogens with one attached hydrogen (secondary N) is 1. The van der Waals surface area contributed by atoms with E-state index in [1.807, 2.05) is 13.0 Å². The molecule has 0 fully saturated rings. The lowest BCUT2D eigenvalue weighted by Crippen LogP contribution is -2.19. The molecule has 0 radical (unpaired) electrons. The van der Waals surface area contributed by atoms with Crippen LogP contribution in [0.3, 0.4) is 0 Å². The van der Waals surface area contributed by atoms with Crippen molar-refractivity contribution in [2.24, 2.45) is 0 Å². The molecular weight excluding hydrogens is 204 g/mol. The number of alkyl halides is 2. The molecule has 0 aliphatic rings. The normalized spacial score (nSPS) is 10.4. The van der Waals surface area contributed by atoms with E-state index in [1.54, 1.807) is 18.2 Å². The van der Waals surface area contributed by atoms with Crippen molar-refractivity contribution < 1.29 is 18.3 Å². The topological polar surface area (TPSA) is 38.3 Å². The van der Waals surface area contributed by atoms with Gasteiger partial charge in [0.2, 0.25) is 0 Å². The number of aryl methyl sites for hydroxylation is 1. The van der Waals surface area contributed by atoms with Gasteiger partial charge in [-0.2, -0.15) is 8.78 Å². The summed E-state index contributed by atoms with van der Waals surface area (Å²) in [6.07, 6.45) is 0. The first-order valence-electron chi connectivity index (χ1n) is 4.34. The summed E-state index contributed by atoms with van der Waals surface area (Å²) in [6, 6.07) is 7.04. The summed E-state index contributed by atoms with van der Waals surface area (Å²) in [6.45, 7) is -1.70. The van der Waals surface area contributed by atoms with Gasteiger partial charge in [0.15, 0.2) is 0 Å². The number of carbonyl (C=O) groups excluding carboxylic acids is 1. The van der Waals surface area contributed by atoms with Crippen molar-refractivity contribution in [1.82, 2.24) is 0 Å². The van der Waals surface area contributed by atoms with Gasteiger partial charge in [-0.15, -0.1) is 0 Å². The van der Waals surface area contributed by atoms with Crippen LogP contribution in [0.25, 0.3) is 0 Å². The number of hydrogen-bond donors (Lipinski definition) is 1. The standard InChI is InChI=1S/C10H11F2NO2/c1-7-3-2-4-8(5-7)13-9(14)6-15-10(11)12/h2-5,10H,6H2,1H3,(H,13,14). The second-order valence-electron chi connectivity index (χ2n) is 2.99. The second kappa shape index (κ2) is 5.41. The van der Waals surface area contributed by atoms with Crippen molar-refractivity contribution in [3.63, 3.8) is 0 Å². The Morgan fingerprint density at radius 1 is 1.53 bits per heavy atom. The summed E-state index contributed by atoms with van der Waals surface area (Å²) < 4.78 is 27.1. The summed E-state index contributed by atoms with van der Waals surface area (Å²) in [5, 5.41) is 2.44. The van der Waals surface area contributed by atoms with E-state index < -0.39 is 19.1 Å². The minimum atomic E-state index is -2.92. The molecule has 1 amide bonds. The van der Waals surface area contributed by atoms with E-state index in [0.29, 0.717) is 5.69 Å². The molecular formula is C10H11F2NO2. The number of rotatable bonds is 4. The smallest absolute Gasteiger partial charge is 0.324 e. The summed E-state index contributed by atoms with van der Waals surface area (Å²) in [5.74, 6) is -0.596. The summed E-state index contributed by atoms with van der Waals surface area (Å²) in [7, 11) is 0. The molecule has 0 atom stereocenters. The van der Waals surface area contributed by atoms with E-state index in [2.05, 4.69) is 10.1 Å². The summed E-state index contributed by atoms with van der Waals surface area (Å²) in [5.41, 5.74) is 1.54. The number of hydrogen-bond acceptors (Lipinski definition) is 2. The Labute approximate surface area is 86.0 Å². The summed E-state index contributed by atoms with van der Waals surface area (Å²) in [4.78, 5) is 11.1. The molecule has 0 unspecified atom stereocenters. The lowest BCUT2D eigenvalue weighted by atomic mass is 10.2. The fourth-order valence-corrected chi connectivity index (χ4v) is 1.06. The monoisotopic (exact) mass is 215 g/mol. The Kier molecular flexibility index (Phi) is 4.17. The van der Waals surface area contributed by atoms with Gasteiger partial charge in [0, 0.05) is 5.69 Å². The zero-order valence-electron chi connectivity index (χ0n) is 8.17. The number of benzene rings is 1. The fraction of sp³-hybridized carbons (Fsp3) is 0.300. The molecule has 1 N–H and O–H groups in total. The zero-order chi connectivity index (χ0) is 11.3. The molecule has 0 heterocycles. The molecule has 0 aliphatic heterocycles. The first-order chi connectivity index (χ1) is 7.08. The van der Waals surface area contributed by atoms with Gasteiger partial charge in [-0.1, -0.05) is 12.1 Å². The molecule has 0 saturated carbocycles. The zero-order valence-corrected chi connectivity index (χ0v) is 8.17. The van der Waals surface area contributed by atoms with Crippen LogP contribution in [0, 0.1) is 6.92 Å². The Bertz CT molecular complexity index is 342. The Hall–Kier alpha value is -1.49. The Morgan fingerprint density at radius 2 is 2.27 bits per heavy atom. The SMILES string of the molecule is Cc1cccc(NC(=O)COC(F)F)c1. The molecule has 1 rings (SSSR count). The number of anilines is 1. The minimum Gasteiger partial charge on any atom is -0.324 e. The predicted octanol–water partition coefficient (Wildman–Crippen LogP) is 2.17. The minimum absolute atomic E-state index is 0.567. The molecule has 3 nitrogen and oxygen atoms in total. The molecule has 0 spiro atoms. The third kappa shape index (κ3) is 4.51. The quantitative estimate of drug-likeness (QED) is 0.835. The largest absolute Gasteiger partial charge is 0.345 e. The molecule has 15 heavy (non-hydrogen) atoms. The van der Waals surface area contributed by atoms with Gasteiger partial charge in [-0.05, 0) is 24.6 Å². The van der Waals surface area contributed by atoms with Gasteiger partial charge >= 0.3 is 6.61 Å². The van der Waals surface area contributed by atoms with Crippen LogP contribution in [0.2, 0.25) is 0 Å². The van der Waals surface area contributed by atoms with Crippen LogP contribution in [-0.4, -0.2) is 19.1 Å². The molecule has 1 aromatic rings. The summed E-state index contributed by atoms with van der Waals surface area (Å²) >= 11 is 0. The van der Waals surface area contributed by atoms with Crippen LogP contribution in [0.15, 0.2) is 24.3 Å². The van der Waals surface area contributed by atoms with E-state index in [4.69, 9.17) is 0 Å². The number of halogens is 2. The highest BCUT2D eigenvalue weighted by Gasteiger charge is 2.07. The maximum absolute atomic E-state index is 11.6. The highest BCUT2D eigenvalue weighted by atomic mass is 19.3. The van der Waals surface area contributed by atoms with Crippen molar-refractivity contribution in [3.05, 3.63) is 29.8 Å². The van der Waals surface area contributed by atoms with Crippen molar-refractivity contribution >= 4 is 11.6 Å². The third-order valence-corrected chi connectivity index (χ3v) is 1.64. The van der Waals surface area contributed by atoms with Gasteiger partial charge in [-0.25, -0.2) is 0 Å². The fourth-order valence-electron chi connectivity index (χ4n) is 1.06. The highest BCUT2D eigenvalue weighted by molar-refractivity contribution is 5.91. The van der Waals surface area contributed by atoms with E-state index in [1.165, 1.54) is 0 Å². The van der Waals surface area contributed by atoms with Crippen molar-refractivity contribution in [2.75, 3.05) is 11.9 Å². The van der Waals surface area contributed by atoms with E-state index in [-0.39, 0.29) is 0 Å². The van der Waals surface area contributed by atoms with Crippen LogP contribution in [0.4, 0.5) is 14.5 Å². The lowest BCUT2D eigenvalue weighted by molar-refractivity contribution is -0.148. The van der Waals surface area contributed by atoms with Crippen LogP contribution < -0.4 is 5.32 Å². The number of amides is 1. The lowest BCUT2D eigenvalue weighted by Gasteiger charge is -2.05. The molecule has 0 bridgehead atoms. The van der Waals surface area contributed by atoms with Gasteiger partial charge < -0.3 is 10.1 Å². The van der Waals surface area contributed by atoms with Crippen LogP contribution >= 0.6 is 0 Å². The highest BCUT2D eigenvalue weighted by Crippen LogP contribution is 2.09. The number of carbonyl (C=O) groups is 1. The Balaban J connectivity index is 2.44. The van der Waals surface area contributed by atoms with Crippen molar-refractivity contribution in [1.29, 1.82) is 0 Å². The van der Waals surface area contributed by atoms with Crippen LogP contribution in [0.1, 0.15) is 5.56 Å². The second-order valence-corrected chi connectivity index (χ2v) is 2.99. The molecule has 0 aromatic heterocycles. The predicted molar refractivity (Wildman–Crippen MR) is 51.8 cm³/mol. The van der Waals surface area contributed by atoms with Gasteiger partial charge in [-0.3, -0.25) is 4.79 Å². The van der Waals surface area contributed by atoms with Gasteiger partial charge in [0.05, 0.1) is 0 Å².